The largest absolute Gasteiger partial charge is 0.497 e. The van der Waals surface area contributed by atoms with Gasteiger partial charge >= 0.3 is 0 Å². The summed E-state index contributed by atoms with van der Waals surface area (Å²) in [4.78, 5) is 27.3. The number of ether oxygens (including phenoxy) is 1. The third kappa shape index (κ3) is 4.22. The van der Waals surface area contributed by atoms with Crippen molar-refractivity contribution < 1.29 is 22.7 Å². The number of carbonyl (C=O) groups is 2. The highest BCUT2D eigenvalue weighted by Gasteiger charge is 2.51. The smallest absolute Gasteiger partial charge is 0.252 e. The molecule has 0 saturated carbocycles. The minimum absolute atomic E-state index is 0.0452. The molecule has 8 heteroatoms. The van der Waals surface area contributed by atoms with Crippen molar-refractivity contribution in [2.45, 2.75) is 57.0 Å². The van der Waals surface area contributed by atoms with Crippen LogP contribution < -0.4 is 9.64 Å². The lowest BCUT2D eigenvalue weighted by molar-refractivity contribution is -0.122. The molecule has 166 valence electrons. The fraction of sp³-hybridized carbons (Fsp3) is 0.391. The molecular formula is C23H28N2O5S. The molecule has 7 nitrogen and oxygen atoms in total. The number of rotatable bonds is 7. The van der Waals surface area contributed by atoms with E-state index in [4.69, 9.17) is 4.74 Å². The van der Waals surface area contributed by atoms with Crippen molar-refractivity contribution in [3.05, 3.63) is 54.1 Å². The molecule has 0 aromatic heterocycles. The van der Waals surface area contributed by atoms with Crippen LogP contribution in [0, 0.1) is 6.92 Å². The first-order chi connectivity index (χ1) is 14.5. The number of methoxy groups -OCH3 is 1. The average Bonchev–Trinajstić information content (AvgIpc) is 3.02. The van der Waals surface area contributed by atoms with Crippen molar-refractivity contribution in [3.63, 3.8) is 0 Å². The van der Waals surface area contributed by atoms with E-state index < -0.39 is 33.4 Å². The lowest BCUT2D eigenvalue weighted by atomic mass is 10.00. The summed E-state index contributed by atoms with van der Waals surface area (Å²) in [6.07, 6.45) is 0.260. The van der Waals surface area contributed by atoms with Crippen LogP contribution >= 0.6 is 0 Å². The minimum atomic E-state index is -4.07. The molecule has 2 aromatic rings. The lowest BCUT2D eigenvalue weighted by Gasteiger charge is -2.39. The van der Waals surface area contributed by atoms with Crippen LogP contribution in [-0.4, -0.2) is 43.2 Å². The van der Waals surface area contributed by atoms with Gasteiger partial charge in [0.15, 0.2) is 0 Å². The Hall–Kier alpha value is -2.71. The monoisotopic (exact) mass is 444 g/mol. The summed E-state index contributed by atoms with van der Waals surface area (Å²) in [5.74, 6) is -0.425. The van der Waals surface area contributed by atoms with Gasteiger partial charge in [0.1, 0.15) is 11.8 Å². The van der Waals surface area contributed by atoms with Crippen molar-refractivity contribution in [1.29, 1.82) is 0 Å². The first-order valence-electron chi connectivity index (χ1n) is 10.1. The molecule has 2 amide bonds. The minimum Gasteiger partial charge on any atom is -0.497 e. The fourth-order valence-electron chi connectivity index (χ4n) is 3.70. The van der Waals surface area contributed by atoms with E-state index in [1.807, 2.05) is 26.0 Å². The van der Waals surface area contributed by atoms with Gasteiger partial charge in [-0.2, -0.15) is 4.31 Å². The molecule has 2 aromatic carbocycles. The van der Waals surface area contributed by atoms with Gasteiger partial charge in [-0.1, -0.05) is 24.6 Å². The molecule has 0 spiro atoms. The zero-order valence-electron chi connectivity index (χ0n) is 18.5. The number of carbonyl (C=O) groups excluding carboxylic acids is 2. The molecule has 1 saturated heterocycles. The van der Waals surface area contributed by atoms with E-state index in [0.717, 1.165) is 10.5 Å². The van der Waals surface area contributed by atoms with Crippen molar-refractivity contribution in [2.75, 3.05) is 12.0 Å². The number of amides is 2. The zero-order valence-corrected chi connectivity index (χ0v) is 19.3. The predicted molar refractivity (Wildman–Crippen MR) is 118 cm³/mol. The maximum absolute atomic E-state index is 13.7. The van der Waals surface area contributed by atoms with Crippen LogP contribution in [0.1, 0.15) is 39.2 Å². The maximum atomic E-state index is 13.7. The highest BCUT2D eigenvalue weighted by molar-refractivity contribution is 7.89. The summed E-state index contributed by atoms with van der Waals surface area (Å²) in [5.41, 5.74) is 0.553. The van der Waals surface area contributed by atoms with Gasteiger partial charge in [-0.3, -0.25) is 9.59 Å². The Bertz CT molecular complexity index is 1080. The number of nitrogens with zero attached hydrogens (tertiary/aromatic N) is 2. The zero-order chi connectivity index (χ0) is 23.0. The van der Waals surface area contributed by atoms with Gasteiger partial charge in [-0.15, -0.1) is 0 Å². The molecule has 1 fully saturated rings. The van der Waals surface area contributed by atoms with E-state index >= 15 is 0 Å². The van der Waals surface area contributed by atoms with Gasteiger partial charge in [0.05, 0.1) is 24.1 Å². The van der Waals surface area contributed by atoms with E-state index in [9.17, 15) is 18.0 Å². The second kappa shape index (κ2) is 8.43. The topological polar surface area (TPSA) is 84.0 Å². The number of imide groups is 1. The van der Waals surface area contributed by atoms with Gasteiger partial charge in [-0.05, 0) is 63.6 Å². The Labute approximate surface area is 183 Å². The Balaban J connectivity index is 2.06. The van der Waals surface area contributed by atoms with Crippen LogP contribution in [0.25, 0.3) is 0 Å². The van der Waals surface area contributed by atoms with E-state index in [2.05, 4.69) is 0 Å². The van der Waals surface area contributed by atoms with Gasteiger partial charge in [-0.25, -0.2) is 13.3 Å². The van der Waals surface area contributed by atoms with Crippen LogP contribution in [-0.2, 0) is 19.6 Å². The molecule has 1 aliphatic rings. The van der Waals surface area contributed by atoms with Crippen molar-refractivity contribution in [1.82, 2.24) is 4.31 Å². The van der Waals surface area contributed by atoms with Crippen LogP contribution in [0.4, 0.5) is 5.69 Å². The second-order valence-corrected chi connectivity index (χ2v) is 10.1. The molecule has 3 rings (SSSR count). The molecule has 1 heterocycles. The van der Waals surface area contributed by atoms with E-state index in [1.165, 1.54) is 23.5 Å². The normalized spacial score (nSPS) is 17.5. The first kappa shape index (κ1) is 23.0. The SMILES string of the molecule is CCC(C)(C)N(C1CC(=O)N(c2ccc(C)cc2)C1=O)S(=O)(=O)c1ccc(OC)cc1. The highest BCUT2D eigenvalue weighted by atomic mass is 32.2. The summed E-state index contributed by atoms with van der Waals surface area (Å²) in [6, 6.07) is 11.9. The van der Waals surface area contributed by atoms with Crippen molar-refractivity contribution in [2.24, 2.45) is 0 Å². The standard InChI is InChI=1S/C23H28N2O5S/c1-6-23(3,4)25(31(28,29)19-13-11-18(30-5)12-14-19)20-15-21(26)24(22(20)27)17-9-7-16(2)8-10-17/h7-14,20H,6,15H2,1-5H3. The summed E-state index contributed by atoms with van der Waals surface area (Å²) >= 11 is 0. The summed E-state index contributed by atoms with van der Waals surface area (Å²) in [6.45, 7) is 7.30. The molecule has 0 N–H and O–H groups in total. The van der Waals surface area contributed by atoms with Crippen molar-refractivity contribution >= 4 is 27.5 Å². The number of hydrogen-bond acceptors (Lipinski definition) is 5. The molecule has 1 unspecified atom stereocenters. The number of aryl methyl sites for hydroxylation is 1. The number of hydrogen-bond donors (Lipinski definition) is 0. The Morgan fingerprint density at radius 1 is 1.06 bits per heavy atom. The Kier molecular flexibility index (Phi) is 6.25. The van der Waals surface area contributed by atoms with E-state index in [-0.39, 0.29) is 11.3 Å². The van der Waals surface area contributed by atoms with Gasteiger partial charge in [0.25, 0.3) is 5.91 Å². The van der Waals surface area contributed by atoms with Gasteiger partial charge in [0.2, 0.25) is 15.9 Å². The maximum Gasteiger partial charge on any atom is 0.252 e. The molecule has 0 radical (unpaired) electrons. The predicted octanol–water partition coefficient (Wildman–Crippen LogP) is 3.52. The lowest BCUT2D eigenvalue weighted by Crippen LogP contribution is -2.55. The molecular weight excluding hydrogens is 416 g/mol. The molecule has 1 atom stereocenters. The van der Waals surface area contributed by atoms with Crippen LogP contribution in [0.3, 0.4) is 0 Å². The van der Waals surface area contributed by atoms with E-state index in [1.54, 1.807) is 38.1 Å². The summed E-state index contributed by atoms with van der Waals surface area (Å²) < 4.78 is 33.7. The third-order valence-corrected chi connectivity index (χ3v) is 7.91. The Morgan fingerprint density at radius 3 is 2.16 bits per heavy atom. The molecule has 0 bridgehead atoms. The third-order valence-electron chi connectivity index (χ3n) is 5.78. The van der Waals surface area contributed by atoms with Crippen LogP contribution in [0.15, 0.2) is 53.4 Å². The highest BCUT2D eigenvalue weighted by Crippen LogP contribution is 2.36. The van der Waals surface area contributed by atoms with Crippen LogP contribution in [0.2, 0.25) is 0 Å². The quantitative estimate of drug-likeness (QED) is 0.610. The average molecular weight is 445 g/mol. The number of sulfonamides is 1. The first-order valence-corrected chi connectivity index (χ1v) is 11.6. The van der Waals surface area contributed by atoms with Crippen molar-refractivity contribution in [3.8, 4) is 5.75 Å². The van der Waals surface area contributed by atoms with Gasteiger partial charge < -0.3 is 4.74 Å². The molecule has 1 aliphatic heterocycles. The number of anilines is 1. The second-order valence-electron chi connectivity index (χ2n) is 8.27. The van der Waals surface area contributed by atoms with Gasteiger partial charge in [0, 0.05) is 5.54 Å². The molecule has 31 heavy (non-hydrogen) atoms. The number of benzene rings is 2. The summed E-state index contributed by atoms with van der Waals surface area (Å²) in [7, 11) is -2.57. The fourth-order valence-corrected chi connectivity index (χ4v) is 5.68. The molecule has 0 aliphatic carbocycles. The van der Waals surface area contributed by atoms with E-state index in [0.29, 0.717) is 17.9 Å². The van der Waals surface area contributed by atoms with Crippen LogP contribution in [0.5, 0.6) is 5.75 Å². The summed E-state index contributed by atoms with van der Waals surface area (Å²) in [5, 5.41) is 0. The Morgan fingerprint density at radius 2 is 1.65 bits per heavy atom.